The van der Waals surface area contributed by atoms with Crippen LogP contribution in [0.3, 0.4) is 0 Å². The Morgan fingerprint density at radius 2 is 1.76 bits per heavy atom. The molecule has 0 aliphatic carbocycles. The zero-order valence-corrected chi connectivity index (χ0v) is 14.4. The Hall–Kier alpha value is -0.930. The van der Waals surface area contributed by atoms with E-state index in [0.29, 0.717) is 0 Å². The Labute approximate surface area is 141 Å². The molecule has 0 fully saturated rings. The van der Waals surface area contributed by atoms with E-state index in [2.05, 4.69) is 61.5 Å². The van der Waals surface area contributed by atoms with Crippen LogP contribution in [0.2, 0.25) is 5.02 Å². The summed E-state index contributed by atoms with van der Waals surface area (Å²) in [6, 6.07) is 14.7. The Kier molecular flexibility index (Phi) is 5.39. The predicted octanol–water partition coefficient (Wildman–Crippen LogP) is 5.22. The first-order valence-corrected chi connectivity index (χ1v) is 7.76. The molecule has 0 aromatic heterocycles. The number of nitrogens with zero attached hydrogens (tertiary/aromatic N) is 1. The van der Waals surface area contributed by atoms with Crippen molar-refractivity contribution in [3.63, 3.8) is 0 Å². The second-order valence-corrected chi connectivity index (χ2v) is 6.64. The summed E-state index contributed by atoms with van der Waals surface area (Å²) >= 11 is 8.00. The van der Waals surface area contributed by atoms with Crippen LogP contribution in [-0.4, -0.2) is 25.5 Å². The molecule has 0 atom stereocenters. The second-order valence-electron chi connectivity index (χ2n) is 5.12. The highest BCUT2D eigenvalue weighted by Crippen LogP contribution is 2.45. The van der Waals surface area contributed by atoms with Gasteiger partial charge < -0.3 is 4.90 Å². The van der Waals surface area contributed by atoms with Gasteiger partial charge in [0.05, 0.1) is 0 Å². The summed E-state index contributed by atoms with van der Waals surface area (Å²) in [5, 5.41) is 0.791. The molecule has 4 heteroatoms. The Bertz CT molecular complexity index is 680. The summed E-state index contributed by atoms with van der Waals surface area (Å²) in [6.45, 7) is 0.917. The average Bonchev–Trinajstić information content (AvgIpc) is 2.43. The molecule has 1 heterocycles. The summed E-state index contributed by atoms with van der Waals surface area (Å²) in [4.78, 5) is 4.76. The molecule has 0 unspecified atom stereocenters. The number of halogens is 2. The van der Waals surface area contributed by atoms with Gasteiger partial charge in [-0.15, -0.1) is 12.4 Å². The first-order chi connectivity index (χ1) is 9.65. The van der Waals surface area contributed by atoms with Crippen LogP contribution in [0.1, 0.15) is 11.1 Å². The number of rotatable bonds is 2. The largest absolute Gasteiger partial charge is 0.306 e. The minimum atomic E-state index is 0. The maximum Gasteiger partial charge on any atom is 0.0412 e. The van der Waals surface area contributed by atoms with E-state index in [0.717, 1.165) is 11.6 Å². The highest BCUT2D eigenvalue weighted by atomic mass is 35.5. The molecule has 2 aromatic carbocycles. The first-order valence-electron chi connectivity index (χ1n) is 6.57. The van der Waals surface area contributed by atoms with Gasteiger partial charge in [-0.3, -0.25) is 0 Å². The number of hydrogen-bond acceptors (Lipinski definition) is 2. The van der Waals surface area contributed by atoms with E-state index in [1.807, 2.05) is 17.8 Å². The highest BCUT2D eigenvalue weighted by Gasteiger charge is 2.20. The van der Waals surface area contributed by atoms with Crippen molar-refractivity contribution in [2.45, 2.75) is 9.79 Å². The fraction of sp³-hybridized carbons (Fsp3) is 0.176. The minimum absolute atomic E-state index is 0. The molecule has 3 rings (SSSR count). The third kappa shape index (κ3) is 3.46. The van der Waals surface area contributed by atoms with Gasteiger partial charge in [-0.2, -0.15) is 0 Å². The number of fused-ring (bicyclic) bond motifs is 2. The lowest BCUT2D eigenvalue weighted by molar-refractivity contribution is 0.457. The number of likely N-dealkylation sites (N-methyl/N-ethyl adjacent to an activating group) is 1. The summed E-state index contributed by atoms with van der Waals surface area (Å²) in [5.41, 5.74) is 3.82. The lowest BCUT2D eigenvalue weighted by Crippen LogP contribution is -2.12. The van der Waals surface area contributed by atoms with Crippen molar-refractivity contribution in [3.05, 3.63) is 64.7 Å². The van der Waals surface area contributed by atoms with Crippen molar-refractivity contribution >= 4 is 41.3 Å². The van der Waals surface area contributed by atoms with E-state index in [-0.39, 0.29) is 12.4 Å². The molecule has 1 nitrogen and oxygen atoms in total. The van der Waals surface area contributed by atoms with Crippen molar-refractivity contribution in [2.24, 2.45) is 0 Å². The van der Waals surface area contributed by atoms with E-state index in [9.17, 15) is 0 Å². The second kappa shape index (κ2) is 6.89. The lowest BCUT2D eigenvalue weighted by atomic mass is 9.96. The van der Waals surface area contributed by atoms with Gasteiger partial charge in [0.1, 0.15) is 0 Å². The molecule has 110 valence electrons. The molecule has 0 saturated carbocycles. The maximum atomic E-state index is 6.18. The topological polar surface area (TPSA) is 3.24 Å². The van der Waals surface area contributed by atoms with Crippen LogP contribution < -0.4 is 0 Å². The van der Waals surface area contributed by atoms with Gasteiger partial charge >= 0.3 is 0 Å². The summed E-state index contributed by atoms with van der Waals surface area (Å²) in [5.74, 6) is 0. The molecule has 0 spiro atoms. The van der Waals surface area contributed by atoms with Gasteiger partial charge in [-0.05, 0) is 55.1 Å². The highest BCUT2D eigenvalue weighted by molar-refractivity contribution is 7.99. The van der Waals surface area contributed by atoms with Crippen LogP contribution in [0.4, 0.5) is 0 Å². The van der Waals surface area contributed by atoms with Crippen LogP contribution in [-0.2, 0) is 0 Å². The fourth-order valence-corrected chi connectivity index (χ4v) is 3.60. The first kappa shape index (κ1) is 16.4. The van der Waals surface area contributed by atoms with Gasteiger partial charge in [0.15, 0.2) is 0 Å². The van der Waals surface area contributed by atoms with E-state index in [1.54, 1.807) is 0 Å². The smallest absolute Gasteiger partial charge is 0.0412 e. The SMILES string of the molecule is CN(C)C/C=C1/c2ccccc2Sc2ccc(Cl)cc21.Cl. The van der Waals surface area contributed by atoms with E-state index >= 15 is 0 Å². The Balaban J connectivity index is 0.00000161. The minimum Gasteiger partial charge on any atom is -0.306 e. The molecule has 0 radical (unpaired) electrons. The average molecular weight is 338 g/mol. The van der Waals surface area contributed by atoms with E-state index in [1.165, 1.54) is 26.5 Å². The van der Waals surface area contributed by atoms with Crippen LogP contribution in [0.15, 0.2) is 58.3 Å². The van der Waals surface area contributed by atoms with E-state index in [4.69, 9.17) is 11.6 Å². The van der Waals surface area contributed by atoms with Gasteiger partial charge in [-0.25, -0.2) is 0 Å². The van der Waals surface area contributed by atoms with Crippen LogP contribution in [0.5, 0.6) is 0 Å². The van der Waals surface area contributed by atoms with Crippen molar-refractivity contribution < 1.29 is 0 Å². The van der Waals surface area contributed by atoms with E-state index < -0.39 is 0 Å². The van der Waals surface area contributed by atoms with Crippen molar-refractivity contribution in [1.82, 2.24) is 4.90 Å². The number of benzene rings is 2. The van der Waals surface area contributed by atoms with Crippen LogP contribution in [0, 0.1) is 0 Å². The fourth-order valence-electron chi connectivity index (χ4n) is 2.34. The molecule has 21 heavy (non-hydrogen) atoms. The van der Waals surface area contributed by atoms with Crippen LogP contribution in [0.25, 0.3) is 5.57 Å². The zero-order chi connectivity index (χ0) is 14.1. The van der Waals surface area contributed by atoms with Gasteiger partial charge in [-0.1, -0.05) is 47.6 Å². The van der Waals surface area contributed by atoms with Crippen molar-refractivity contribution in [3.8, 4) is 0 Å². The molecular formula is C17H17Cl2NS. The summed E-state index contributed by atoms with van der Waals surface area (Å²) < 4.78 is 0. The normalized spacial score (nSPS) is 14.6. The zero-order valence-electron chi connectivity index (χ0n) is 12.0. The lowest BCUT2D eigenvalue weighted by Gasteiger charge is -2.22. The quantitative estimate of drug-likeness (QED) is 0.630. The molecule has 0 bridgehead atoms. The monoisotopic (exact) mass is 337 g/mol. The van der Waals surface area contributed by atoms with Gasteiger partial charge in [0.25, 0.3) is 0 Å². The molecule has 0 amide bonds. The maximum absolute atomic E-state index is 6.18. The van der Waals surface area contributed by atoms with Crippen LogP contribution >= 0.6 is 35.8 Å². The molecule has 1 aliphatic heterocycles. The molecule has 0 N–H and O–H groups in total. The standard InChI is InChI=1S/C17H16ClNS.ClH/c1-19(2)10-9-13-14-5-3-4-6-16(14)20-17-8-7-12(18)11-15(13)17;/h3-9,11H,10H2,1-2H3;1H/b13-9-;. The third-order valence-corrected chi connectivity index (χ3v) is 4.68. The van der Waals surface area contributed by atoms with Crippen molar-refractivity contribution in [1.29, 1.82) is 0 Å². The van der Waals surface area contributed by atoms with Gasteiger partial charge in [0, 0.05) is 21.4 Å². The molecule has 0 saturated heterocycles. The molecule has 2 aromatic rings. The predicted molar refractivity (Wildman–Crippen MR) is 94.9 cm³/mol. The molecule has 1 aliphatic rings. The van der Waals surface area contributed by atoms with Crippen molar-refractivity contribution in [2.75, 3.05) is 20.6 Å². The number of hydrogen-bond donors (Lipinski definition) is 0. The Morgan fingerprint density at radius 1 is 1.05 bits per heavy atom. The third-order valence-electron chi connectivity index (χ3n) is 3.29. The van der Waals surface area contributed by atoms with Gasteiger partial charge in [0.2, 0.25) is 0 Å². The summed E-state index contributed by atoms with van der Waals surface area (Å²) in [7, 11) is 4.17. The molecular weight excluding hydrogens is 321 g/mol. The Morgan fingerprint density at radius 3 is 2.52 bits per heavy atom. The summed E-state index contributed by atoms with van der Waals surface area (Å²) in [6.07, 6.45) is 2.29.